The van der Waals surface area contributed by atoms with Gasteiger partial charge in [-0.3, -0.25) is 0 Å². The fourth-order valence-corrected chi connectivity index (χ4v) is 4.47. The fraction of sp³-hybridized carbons (Fsp3) is 0.552. The van der Waals surface area contributed by atoms with Gasteiger partial charge < -0.3 is 24.3 Å². The lowest BCUT2D eigenvalue weighted by molar-refractivity contribution is -0.145. The lowest BCUT2D eigenvalue weighted by Crippen LogP contribution is -2.35. The van der Waals surface area contributed by atoms with Crippen LogP contribution in [0, 0.1) is 0 Å². The second-order valence-electron chi connectivity index (χ2n) is 10.3. The van der Waals surface area contributed by atoms with E-state index in [1.807, 2.05) is 13.0 Å². The van der Waals surface area contributed by atoms with Crippen LogP contribution in [-0.4, -0.2) is 38.7 Å². The molecule has 0 heterocycles. The molecule has 0 unspecified atom stereocenters. The van der Waals surface area contributed by atoms with E-state index >= 15 is 0 Å². The van der Waals surface area contributed by atoms with E-state index in [1.165, 1.54) is 13.2 Å². The highest BCUT2D eigenvalue weighted by molar-refractivity contribution is 6.42. The van der Waals surface area contributed by atoms with Gasteiger partial charge in [0.15, 0.2) is 0 Å². The van der Waals surface area contributed by atoms with Gasteiger partial charge in [-0.2, -0.15) is 13.2 Å². The Hall–Kier alpha value is -2.20. The lowest BCUT2D eigenvalue weighted by atomic mass is 9.85. The van der Waals surface area contributed by atoms with E-state index in [-0.39, 0.29) is 25.7 Å². The predicted molar refractivity (Wildman–Crippen MR) is 150 cm³/mol. The van der Waals surface area contributed by atoms with Crippen molar-refractivity contribution in [2.24, 2.45) is 0 Å². The number of ether oxygens (including phenoxy) is 4. The zero-order valence-corrected chi connectivity index (χ0v) is 25.1. The van der Waals surface area contributed by atoms with Crippen LogP contribution in [0.25, 0.3) is 0 Å². The van der Waals surface area contributed by atoms with Gasteiger partial charge in [0.1, 0.15) is 18.1 Å². The van der Waals surface area contributed by atoms with Gasteiger partial charge in [-0.05, 0) is 88.3 Å². The molecule has 1 amide bonds. The molecule has 0 aromatic heterocycles. The third-order valence-electron chi connectivity index (χ3n) is 6.11. The Morgan fingerprint density at radius 3 is 2.33 bits per heavy atom. The maximum atomic E-state index is 14.1. The molecule has 6 nitrogen and oxygen atoms in total. The first-order valence-corrected chi connectivity index (χ1v) is 13.8. The van der Waals surface area contributed by atoms with Gasteiger partial charge in [0.25, 0.3) is 0 Å². The Balaban J connectivity index is 2.16. The van der Waals surface area contributed by atoms with Crippen LogP contribution in [0.15, 0.2) is 36.4 Å². The average molecular weight is 609 g/mol. The Labute approximate surface area is 244 Å². The number of methoxy groups -OCH3 is 1. The number of alkyl carbamates (subject to hydrolysis) is 1. The first-order chi connectivity index (χ1) is 18.7. The van der Waals surface area contributed by atoms with Crippen molar-refractivity contribution in [3.8, 4) is 5.75 Å². The van der Waals surface area contributed by atoms with Crippen LogP contribution in [0.5, 0.6) is 5.75 Å². The summed E-state index contributed by atoms with van der Waals surface area (Å²) in [5, 5.41) is 3.53. The lowest BCUT2D eigenvalue weighted by Gasteiger charge is -2.34. The van der Waals surface area contributed by atoms with Crippen molar-refractivity contribution < 1.29 is 36.9 Å². The number of benzene rings is 2. The van der Waals surface area contributed by atoms with Crippen molar-refractivity contribution >= 4 is 29.3 Å². The summed E-state index contributed by atoms with van der Waals surface area (Å²) >= 11 is 12.0. The molecule has 0 aliphatic heterocycles. The molecule has 0 spiro atoms. The molecular formula is C29H38Cl2F3NO5. The first-order valence-electron chi connectivity index (χ1n) is 13.1. The molecule has 0 fully saturated rings. The second-order valence-corrected chi connectivity index (χ2v) is 11.2. The fourth-order valence-electron chi connectivity index (χ4n) is 4.15. The molecule has 2 aromatic carbocycles. The van der Waals surface area contributed by atoms with Gasteiger partial charge in [-0.25, -0.2) is 4.79 Å². The number of alkyl halides is 3. The van der Waals surface area contributed by atoms with Gasteiger partial charge in [0, 0.05) is 13.7 Å². The molecule has 40 heavy (non-hydrogen) atoms. The number of hydrogen-bond donors (Lipinski definition) is 1. The molecule has 0 saturated heterocycles. The summed E-state index contributed by atoms with van der Waals surface area (Å²) < 4.78 is 64.3. The summed E-state index contributed by atoms with van der Waals surface area (Å²) in [6, 6.07) is 9.22. The number of halogens is 5. The number of hydrogen-bond acceptors (Lipinski definition) is 5. The highest BCUT2D eigenvalue weighted by atomic mass is 35.5. The van der Waals surface area contributed by atoms with Crippen molar-refractivity contribution in [2.75, 3.05) is 27.1 Å². The smallest absolute Gasteiger partial charge is 0.419 e. The number of carbonyl (C=O) groups is 1. The SMILES string of the molecule is CC[C@](CCCNC(=O)OC(C)(C)C)(OCOC)c1ccc(OCCCc2ccc(Cl)c(Cl)c2)c(C(F)(F)F)c1. The second kappa shape index (κ2) is 15.1. The quantitative estimate of drug-likeness (QED) is 0.172. The topological polar surface area (TPSA) is 66.0 Å². The molecule has 224 valence electrons. The standard InChI is InChI=1S/C29H38Cl2F3NO5/c1-6-28(39-19-37-5,14-8-15-35-26(36)40-27(2,3)4)21-11-13-25(22(18-21)29(32,33)34)38-16-7-9-20-10-12-23(30)24(31)17-20/h10-13,17-18H,6-9,14-16,19H2,1-5H3,(H,35,36)/t28-/m1/s1. The molecule has 2 rings (SSSR count). The van der Waals surface area contributed by atoms with Crippen LogP contribution >= 0.6 is 23.2 Å². The largest absolute Gasteiger partial charge is 0.493 e. The Bertz CT molecular complexity index is 1110. The number of rotatable bonds is 14. The normalized spacial score (nSPS) is 13.6. The van der Waals surface area contributed by atoms with Gasteiger partial charge in [0.2, 0.25) is 0 Å². The van der Waals surface area contributed by atoms with E-state index in [4.69, 9.17) is 42.1 Å². The number of nitrogens with one attached hydrogen (secondary N) is 1. The summed E-state index contributed by atoms with van der Waals surface area (Å²) in [5.41, 5.74) is -1.34. The molecule has 0 aliphatic rings. The maximum absolute atomic E-state index is 14.1. The number of carbonyl (C=O) groups excluding carboxylic acids is 1. The Morgan fingerprint density at radius 1 is 1.00 bits per heavy atom. The van der Waals surface area contributed by atoms with E-state index in [0.29, 0.717) is 47.7 Å². The minimum atomic E-state index is -4.64. The molecular weight excluding hydrogens is 570 g/mol. The van der Waals surface area contributed by atoms with E-state index in [0.717, 1.165) is 11.6 Å². The molecule has 11 heteroatoms. The summed E-state index contributed by atoms with van der Waals surface area (Å²) in [7, 11) is 1.44. The summed E-state index contributed by atoms with van der Waals surface area (Å²) in [6.07, 6.45) is -3.01. The van der Waals surface area contributed by atoms with Crippen molar-refractivity contribution in [3.05, 3.63) is 63.1 Å². The molecule has 0 radical (unpaired) electrons. The van der Waals surface area contributed by atoms with Crippen LogP contribution in [0.1, 0.15) is 70.1 Å². The van der Waals surface area contributed by atoms with Crippen molar-refractivity contribution in [1.29, 1.82) is 0 Å². The van der Waals surface area contributed by atoms with Gasteiger partial charge >= 0.3 is 12.3 Å². The monoisotopic (exact) mass is 607 g/mol. The van der Waals surface area contributed by atoms with Crippen LogP contribution in [0.2, 0.25) is 10.0 Å². The molecule has 2 aromatic rings. The minimum Gasteiger partial charge on any atom is -0.493 e. The van der Waals surface area contributed by atoms with E-state index in [1.54, 1.807) is 39.0 Å². The van der Waals surface area contributed by atoms with Gasteiger partial charge in [-0.1, -0.05) is 42.3 Å². The average Bonchev–Trinajstić information content (AvgIpc) is 2.87. The summed E-state index contributed by atoms with van der Waals surface area (Å²) in [6.45, 7) is 7.34. The van der Waals surface area contributed by atoms with Crippen molar-refractivity contribution in [2.45, 2.75) is 77.2 Å². The molecule has 0 bridgehead atoms. The number of aryl methyl sites for hydroxylation is 1. The minimum absolute atomic E-state index is 0.0815. The zero-order valence-electron chi connectivity index (χ0n) is 23.6. The third-order valence-corrected chi connectivity index (χ3v) is 6.85. The maximum Gasteiger partial charge on any atom is 0.419 e. The summed E-state index contributed by atoms with van der Waals surface area (Å²) in [4.78, 5) is 12.0. The summed E-state index contributed by atoms with van der Waals surface area (Å²) in [5.74, 6) is -0.256. The molecule has 0 saturated carbocycles. The third kappa shape index (κ3) is 10.7. The number of amides is 1. The van der Waals surface area contributed by atoms with Gasteiger partial charge in [-0.15, -0.1) is 0 Å². The molecule has 0 aliphatic carbocycles. The van der Waals surface area contributed by atoms with E-state index in [2.05, 4.69) is 5.32 Å². The van der Waals surface area contributed by atoms with Crippen LogP contribution in [-0.2, 0) is 32.4 Å². The Morgan fingerprint density at radius 2 is 1.73 bits per heavy atom. The Kier molecular flexibility index (Phi) is 12.9. The first kappa shape index (κ1) is 34.0. The van der Waals surface area contributed by atoms with Crippen molar-refractivity contribution in [3.63, 3.8) is 0 Å². The van der Waals surface area contributed by atoms with Crippen LogP contribution in [0.4, 0.5) is 18.0 Å². The highest BCUT2D eigenvalue weighted by Gasteiger charge is 2.38. The molecule has 1 atom stereocenters. The predicted octanol–water partition coefficient (Wildman–Crippen LogP) is 8.55. The van der Waals surface area contributed by atoms with Crippen molar-refractivity contribution in [1.82, 2.24) is 5.32 Å². The van der Waals surface area contributed by atoms with Crippen LogP contribution < -0.4 is 10.1 Å². The molecule has 1 N–H and O–H groups in total. The van der Waals surface area contributed by atoms with E-state index in [9.17, 15) is 18.0 Å². The van der Waals surface area contributed by atoms with Crippen LogP contribution in [0.3, 0.4) is 0 Å². The highest BCUT2D eigenvalue weighted by Crippen LogP contribution is 2.42. The zero-order chi connectivity index (χ0) is 30.0. The van der Waals surface area contributed by atoms with E-state index < -0.39 is 29.0 Å². The van der Waals surface area contributed by atoms with Gasteiger partial charge in [0.05, 0.1) is 27.8 Å².